The molecule has 2 heterocycles. The van der Waals surface area contributed by atoms with Gasteiger partial charge in [-0.3, -0.25) is 9.59 Å². The van der Waals surface area contributed by atoms with E-state index in [4.69, 9.17) is 16.9 Å². The Morgan fingerprint density at radius 3 is 2.68 bits per heavy atom. The maximum atomic E-state index is 12.1. The summed E-state index contributed by atoms with van der Waals surface area (Å²) in [4.78, 5) is 28.4. The SMILES string of the molecule is Cn1ccnc1C(=O)[C@@H](C#N)C(=O)c1ccc(Cl)s1. The standard InChI is InChI=1S/C12H8ClN3O2S/c1-16-5-4-15-12(16)11(18)7(6-14)10(17)8-2-3-9(13)19-8/h2-5,7H,1H3/t7-/m0/s1. The van der Waals surface area contributed by atoms with E-state index in [0.29, 0.717) is 9.21 Å². The fourth-order valence-corrected chi connectivity index (χ4v) is 2.57. The summed E-state index contributed by atoms with van der Waals surface area (Å²) < 4.78 is 1.91. The van der Waals surface area contributed by atoms with Crippen LogP contribution in [0, 0.1) is 17.2 Å². The third kappa shape index (κ3) is 2.57. The number of imidazole rings is 1. The Morgan fingerprint density at radius 1 is 1.47 bits per heavy atom. The second-order valence-electron chi connectivity index (χ2n) is 3.76. The zero-order chi connectivity index (χ0) is 14.0. The molecular formula is C12H8ClN3O2S. The number of halogens is 1. The first kappa shape index (κ1) is 13.5. The number of carbonyl (C=O) groups excluding carboxylic acids is 2. The molecule has 2 aromatic rings. The van der Waals surface area contributed by atoms with Crippen molar-refractivity contribution in [3.63, 3.8) is 0 Å². The lowest BCUT2D eigenvalue weighted by Gasteiger charge is -2.05. The van der Waals surface area contributed by atoms with Crippen molar-refractivity contribution >= 4 is 34.5 Å². The van der Waals surface area contributed by atoms with Crippen LogP contribution in [0.5, 0.6) is 0 Å². The predicted octanol–water partition coefficient (Wildman–Crippen LogP) is 2.34. The quantitative estimate of drug-likeness (QED) is 0.640. The van der Waals surface area contributed by atoms with Crippen LogP contribution in [0.4, 0.5) is 0 Å². The van der Waals surface area contributed by atoms with E-state index < -0.39 is 17.5 Å². The number of aryl methyl sites for hydroxylation is 1. The second kappa shape index (κ2) is 5.34. The lowest BCUT2D eigenvalue weighted by molar-refractivity contribution is 0.0840. The van der Waals surface area contributed by atoms with Crippen molar-refractivity contribution in [1.29, 1.82) is 5.26 Å². The molecule has 0 aromatic carbocycles. The first-order valence-electron chi connectivity index (χ1n) is 5.25. The summed E-state index contributed by atoms with van der Waals surface area (Å²) in [5, 5.41) is 9.07. The number of thiophene rings is 1. The number of nitriles is 1. The van der Waals surface area contributed by atoms with Gasteiger partial charge in [0.2, 0.25) is 5.78 Å². The van der Waals surface area contributed by atoms with Crippen LogP contribution in [-0.4, -0.2) is 21.1 Å². The first-order chi connectivity index (χ1) is 9.04. The maximum absolute atomic E-state index is 12.1. The van der Waals surface area contributed by atoms with Gasteiger partial charge in [0, 0.05) is 19.4 Å². The number of Topliss-reactive ketones (excluding diaryl/α,β-unsaturated/α-hetero) is 2. The van der Waals surface area contributed by atoms with E-state index in [1.54, 1.807) is 25.4 Å². The molecule has 0 bridgehead atoms. The van der Waals surface area contributed by atoms with Crippen LogP contribution in [-0.2, 0) is 7.05 Å². The average molecular weight is 294 g/mol. The Kier molecular flexibility index (Phi) is 3.79. The van der Waals surface area contributed by atoms with Gasteiger partial charge < -0.3 is 4.57 Å². The lowest BCUT2D eigenvalue weighted by atomic mass is 9.99. The zero-order valence-corrected chi connectivity index (χ0v) is 11.4. The molecule has 0 saturated heterocycles. The van der Waals surface area contributed by atoms with Crippen LogP contribution in [0.15, 0.2) is 24.5 Å². The number of hydrogen-bond acceptors (Lipinski definition) is 5. The van der Waals surface area contributed by atoms with Crippen LogP contribution in [0.1, 0.15) is 20.3 Å². The smallest absolute Gasteiger partial charge is 0.223 e. The van der Waals surface area contributed by atoms with Gasteiger partial charge >= 0.3 is 0 Å². The van der Waals surface area contributed by atoms with Gasteiger partial charge in [0.1, 0.15) is 0 Å². The van der Waals surface area contributed by atoms with Crippen LogP contribution in [0.25, 0.3) is 0 Å². The third-order valence-electron chi connectivity index (χ3n) is 2.51. The fourth-order valence-electron chi connectivity index (χ4n) is 1.56. The molecule has 0 spiro atoms. The Morgan fingerprint density at radius 2 is 2.21 bits per heavy atom. The average Bonchev–Trinajstić information content (AvgIpc) is 2.98. The van der Waals surface area contributed by atoms with Crippen molar-refractivity contribution in [2.45, 2.75) is 0 Å². The largest absolute Gasteiger partial charge is 0.332 e. The summed E-state index contributed by atoms with van der Waals surface area (Å²) in [6, 6.07) is 4.80. The summed E-state index contributed by atoms with van der Waals surface area (Å²) in [5.41, 5.74) is 0. The lowest BCUT2D eigenvalue weighted by Crippen LogP contribution is -2.24. The Labute approximate surface area is 118 Å². The van der Waals surface area contributed by atoms with E-state index in [0.717, 1.165) is 11.3 Å². The predicted molar refractivity (Wildman–Crippen MR) is 70.3 cm³/mol. The molecule has 7 heteroatoms. The summed E-state index contributed by atoms with van der Waals surface area (Å²) in [6.07, 6.45) is 3.02. The fraction of sp³-hybridized carbons (Fsp3) is 0.167. The Bertz CT molecular complexity index is 683. The minimum Gasteiger partial charge on any atom is -0.332 e. The molecular weight excluding hydrogens is 286 g/mol. The van der Waals surface area contributed by atoms with Crippen LogP contribution in [0.2, 0.25) is 4.34 Å². The highest BCUT2D eigenvalue weighted by atomic mass is 35.5. The van der Waals surface area contributed by atoms with Gasteiger partial charge in [-0.15, -0.1) is 11.3 Å². The Hall–Kier alpha value is -1.97. The molecule has 96 valence electrons. The number of ketones is 2. The van der Waals surface area contributed by atoms with Gasteiger partial charge in [-0.2, -0.15) is 5.26 Å². The van der Waals surface area contributed by atoms with Gasteiger partial charge in [0.05, 0.1) is 15.3 Å². The third-order valence-corrected chi connectivity index (χ3v) is 3.76. The molecule has 0 aliphatic rings. The van der Waals surface area contributed by atoms with Crippen LogP contribution in [0.3, 0.4) is 0 Å². The highest BCUT2D eigenvalue weighted by Crippen LogP contribution is 2.24. The molecule has 0 fully saturated rings. The number of hydrogen-bond donors (Lipinski definition) is 0. The molecule has 0 amide bonds. The highest BCUT2D eigenvalue weighted by Gasteiger charge is 2.31. The summed E-state index contributed by atoms with van der Waals surface area (Å²) >= 11 is 6.78. The van der Waals surface area contributed by atoms with Gasteiger partial charge in [0.15, 0.2) is 17.5 Å². The van der Waals surface area contributed by atoms with Crippen LogP contribution < -0.4 is 0 Å². The van der Waals surface area contributed by atoms with Crippen molar-refractivity contribution in [1.82, 2.24) is 9.55 Å². The molecule has 0 saturated carbocycles. The van der Waals surface area contributed by atoms with Crippen LogP contribution >= 0.6 is 22.9 Å². The normalized spacial score (nSPS) is 11.8. The number of nitrogens with zero attached hydrogens (tertiary/aromatic N) is 3. The monoisotopic (exact) mass is 293 g/mol. The van der Waals surface area contributed by atoms with Crippen molar-refractivity contribution in [2.24, 2.45) is 13.0 Å². The van der Waals surface area contributed by atoms with E-state index in [1.807, 2.05) is 0 Å². The molecule has 0 aliphatic carbocycles. The van der Waals surface area contributed by atoms with Crippen molar-refractivity contribution in [3.05, 3.63) is 39.6 Å². The van der Waals surface area contributed by atoms with E-state index in [9.17, 15) is 9.59 Å². The molecule has 0 aliphatic heterocycles. The molecule has 2 aromatic heterocycles. The zero-order valence-electron chi connectivity index (χ0n) is 9.83. The van der Waals surface area contributed by atoms with Gasteiger partial charge in [-0.25, -0.2) is 4.98 Å². The number of carbonyl (C=O) groups is 2. The van der Waals surface area contributed by atoms with Gasteiger partial charge in [-0.1, -0.05) is 11.6 Å². The molecule has 5 nitrogen and oxygen atoms in total. The summed E-state index contributed by atoms with van der Waals surface area (Å²) in [6.45, 7) is 0. The van der Waals surface area contributed by atoms with Crippen molar-refractivity contribution < 1.29 is 9.59 Å². The van der Waals surface area contributed by atoms with Crippen molar-refractivity contribution in [2.75, 3.05) is 0 Å². The van der Waals surface area contributed by atoms with Gasteiger partial charge in [0.25, 0.3) is 0 Å². The molecule has 0 radical (unpaired) electrons. The molecule has 0 N–H and O–H groups in total. The van der Waals surface area contributed by atoms with E-state index >= 15 is 0 Å². The molecule has 0 unspecified atom stereocenters. The van der Waals surface area contributed by atoms with Crippen molar-refractivity contribution in [3.8, 4) is 6.07 Å². The topological polar surface area (TPSA) is 75.8 Å². The van der Waals surface area contributed by atoms with E-state index in [-0.39, 0.29) is 5.82 Å². The maximum Gasteiger partial charge on any atom is 0.223 e. The first-order valence-corrected chi connectivity index (χ1v) is 6.44. The number of aromatic nitrogens is 2. The molecule has 19 heavy (non-hydrogen) atoms. The molecule has 1 atom stereocenters. The highest BCUT2D eigenvalue weighted by molar-refractivity contribution is 7.18. The van der Waals surface area contributed by atoms with E-state index in [2.05, 4.69) is 4.98 Å². The summed E-state index contributed by atoms with van der Waals surface area (Å²) in [7, 11) is 1.63. The van der Waals surface area contributed by atoms with Gasteiger partial charge in [-0.05, 0) is 12.1 Å². The Balaban J connectivity index is 2.31. The van der Waals surface area contributed by atoms with E-state index in [1.165, 1.54) is 16.8 Å². The minimum atomic E-state index is -1.39. The minimum absolute atomic E-state index is 0.0857. The number of rotatable bonds is 4. The second-order valence-corrected chi connectivity index (χ2v) is 5.47. The summed E-state index contributed by atoms with van der Waals surface area (Å²) in [5.74, 6) is -2.46. The molecule has 2 rings (SSSR count).